The van der Waals surface area contributed by atoms with Crippen molar-refractivity contribution in [2.75, 3.05) is 6.61 Å². The number of hydrogen-bond donors (Lipinski definition) is 2. The molecule has 6 nitrogen and oxygen atoms in total. The summed E-state index contributed by atoms with van der Waals surface area (Å²) >= 11 is 12.4. The SMILES string of the molecule is CCOC(=O)C[C@@H](c1oc(CO)cc(=O)c1O)c1c(Cl)cccc1Cl. The van der Waals surface area contributed by atoms with Crippen LogP contribution in [0.4, 0.5) is 0 Å². The zero-order valence-electron chi connectivity index (χ0n) is 13.3. The highest BCUT2D eigenvalue weighted by Crippen LogP contribution is 2.40. The highest BCUT2D eigenvalue weighted by atomic mass is 35.5. The van der Waals surface area contributed by atoms with Crippen LogP contribution in [0.15, 0.2) is 33.5 Å². The van der Waals surface area contributed by atoms with Gasteiger partial charge in [-0.15, -0.1) is 0 Å². The Labute approximate surface area is 153 Å². The molecule has 2 aromatic rings. The number of carbonyl (C=O) groups excluding carboxylic acids is 1. The summed E-state index contributed by atoms with van der Waals surface area (Å²) in [6, 6.07) is 5.71. The molecule has 1 aromatic carbocycles. The van der Waals surface area contributed by atoms with Crippen molar-refractivity contribution in [1.82, 2.24) is 0 Å². The average Bonchev–Trinajstić information content (AvgIpc) is 2.56. The number of ether oxygens (including phenoxy) is 1. The predicted molar refractivity (Wildman–Crippen MR) is 92.1 cm³/mol. The largest absolute Gasteiger partial charge is 0.502 e. The number of carbonyl (C=O) groups is 1. The Hall–Kier alpha value is -2.02. The van der Waals surface area contributed by atoms with Crippen LogP contribution in [-0.2, 0) is 16.1 Å². The van der Waals surface area contributed by atoms with Crippen LogP contribution in [0.25, 0.3) is 0 Å². The molecule has 0 amide bonds. The first-order valence-electron chi connectivity index (χ1n) is 7.45. The number of rotatable bonds is 6. The lowest BCUT2D eigenvalue weighted by molar-refractivity contribution is -0.143. The van der Waals surface area contributed by atoms with E-state index in [1.54, 1.807) is 25.1 Å². The highest BCUT2D eigenvalue weighted by Gasteiger charge is 2.30. The van der Waals surface area contributed by atoms with Gasteiger partial charge in [-0.2, -0.15) is 0 Å². The van der Waals surface area contributed by atoms with Crippen LogP contribution >= 0.6 is 23.2 Å². The average molecular weight is 387 g/mol. The molecule has 0 aliphatic rings. The van der Waals surface area contributed by atoms with Crippen LogP contribution in [0.5, 0.6) is 5.75 Å². The van der Waals surface area contributed by atoms with Crippen LogP contribution in [0.2, 0.25) is 10.0 Å². The van der Waals surface area contributed by atoms with E-state index in [1.165, 1.54) is 0 Å². The first-order chi connectivity index (χ1) is 11.9. The summed E-state index contributed by atoms with van der Waals surface area (Å²) in [4.78, 5) is 23.9. The van der Waals surface area contributed by atoms with Crippen molar-refractivity contribution >= 4 is 29.2 Å². The van der Waals surface area contributed by atoms with Gasteiger partial charge in [0.1, 0.15) is 12.4 Å². The Bertz CT molecular complexity index is 810. The Kier molecular flexibility index (Phi) is 6.47. The maximum absolute atomic E-state index is 12.0. The van der Waals surface area contributed by atoms with Gasteiger partial charge in [0, 0.05) is 21.7 Å². The molecule has 1 atom stereocenters. The lowest BCUT2D eigenvalue weighted by atomic mass is 9.92. The quantitative estimate of drug-likeness (QED) is 0.739. The molecule has 0 aliphatic carbocycles. The summed E-state index contributed by atoms with van der Waals surface area (Å²) in [7, 11) is 0. The van der Waals surface area contributed by atoms with E-state index in [4.69, 9.17) is 32.4 Å². The summed E-state index contributed by atoms with van der Waals surface area (Å²) in [6.07, 6.45) is -0.261. The molecule has 134 valence electrons. The van der Waals surface area contributed by atoms with Crippen LogP contribution in [0, 0.1) is 0 Å². The number of aliphatic hydroxyl groups is 1. The van der Waals surface area contributed by atoms with E-state index >= 15 is 0 Å². The smallest absolute Gasteiger partial charge is 0.306 e. The normalized spacial score (nSPS) is 12.0. The summed E-state index contributed by atoms with van der Waals surface area (Å²) in [5, 5.41) is 19.9. The van der Waals surface area contributed by atoms with Gasteiger partial charge in [-0.1, -0.05) is 29.3 Å². The maximum Gasteiger partial charge on any atom is 0.306 e. The molecule has 0 fully saturated rings. The molecule has 2 N–H and O–H groups in total. The summed E-state index contributed by atoms with van der Waals surface area (Å²) in [6.45, 7) is 1.26. The summed E-state index contributed by atoms with van der Waals surface area (Å²) in [5.74, 6) is -2.49. The van der Waals surface area contributed by atoms with E-state index in [1.807, 2.05) is 0 Å². The van der Waals surface area contributed by atoms with Gasteiger partial charge in [0.2, 0.25) is 11.2 Å². The van der Waals surface area contributed by atoms with E-state index in [-0.39, 0.29) is 34.6 Å². The molecule has 0 radical (unpaired) electrons. The highest BCUT2D eigenvalue weighted by molar-refractivity contribution is 6.36. The third-order valence-corrected chi connectivity index (χ3v) is 4.16. The van der Waals surface area contributed by atoms with E-state index in [2.05, 4.69) is 0 Å². The van der Waals surface area contributed by atoms with Crippen LogP contribution in [-0.4, -0.2) is 22.8 Å². The zero-order valence-corrected chi connectivity index (χ0v) is 14.8. The molecule has 25 heavy (non-hydrogen) atoms. The molecular weight excluding hydrogens is 371 g/mol. The first kappa shape index (κ1) is 19.3. The van der Waals surface area contributed by atoms with Crippen LogP contribution in [0.3, 0.4) is 0 Å². The Morgan fingerprint density at radius 1 is 1.32 bits per heavy atom. The van der Waals surface area contributed by atoms with E-state index in [0.29, 0.717) is 5.56 Å². The lowest BCUT2D eigenvalue weighted by Crippen LogP contribution is -2.15. The number of halogens is 2. The van der Waals surface area contributed by atoms with Crippen molar-refractivity contribution in [3.63, 3.8) is 0 Å². The van der Waals surface area contributed by atoms with Crippen molar-refractivity contribution < 1.29 is 24.2 Å². The third-order valence-electron chi connectivity index (χ3n) is 3.50. The summed E-state index contributed by atoms with van der Waals surface area (Å²) in [5.41, 5.74) is -0.435. The Morgan fingerprint density at radius 3 is 2.52 bits per heavy atom. The van der Waals surface area contributed by atoms with Crippen molar-refractivity contribution in [3.05, 3.63) is 61.6 Å². The fraction of sp³-hybridized carbons (Fsp3) is 0.294. The van der Waals surface area contributed by atoms with Crippen molar-refractivity contribution in [2.45, 2.75) is 25.9 Å². The van der Waals surface area contributed by atoms with Gasteiger partial charge in [0.05, 0.1) is 18.9 Å². The minimum Gasteiger partial charge on any atom is -0.502 e. The fourth-order valence-electron chi connectivity index (χ4n) is 2.43. The molecule has 0 unspecified atom stereocenters. The van der Waals surface area contributed by atoms with Gasteiger partial charge in [-0.05, 0) is 19.1 Å². The van der Waals surface area contributed by atoms with Gasteiger partial charge in [-0.25, -0.2) is 0 Å². The van der Waals surface area contributed by atoms with Crippen molar-refractivity contribution in [2.24, 2.45) is 0 Å². The fourth-order valence-corrected chi connectivity index (χ4v) is 3.09. The minimum absolute atomic E-state index is 0.0603. The van der Waals surface area contributed by atoms with Gasteiger partial charge in [-0.3, -0.25) is 9.59 Å². The van der Waals surface area contributed by atoms with Crippen molar-refractivity contribution in [1.29, 1.82) is 0 Å². The van der Waals surface area contributed by atoms with Gasteiger partial charge < -0.3 is 19.4 Å². The molecule has 2 rings (SSSR count). The molecular formula is C17H16Cl2O6. The molecule has 0 spiro atoms. The molecule has 0 bridgehead atoms. The number of aromatic hydroxyl groups is 1. The molecule has 0 saturated heterocycles. The Morgan fingerprint density at radius 2 is 1.96 bits per heavy atom. The maximum atomic E-state index is 12.0. The van der Waals surface area contributed by atoms with Gasteiger partial charge in [0.15, 0.2) is 5.76 Å². The molecule has 0 saturated carbocycles. The minimum atomic E-state index is -0.959. The second-order valence-corrected chi connectivity index (χ2v) is 5.96. The van der Waals surface area contributed by atoms with Gasteiger partial charge >= 0.3 is 5.97 Å². The second-order valence-electron chi connectivity index (χ2n) is 5.14. The van der Waals surface area contributed by atoms with Gasteiger partial charge in [0.25, 0.3) is 0 Å². The first-order valence-corrected chi connectivity index (χ1v) is 8.20. The molecule has 0 aliphatic heterocycles. The summed E-state index contributed by atoms with van der Waals surface area (Å²) < 4.78 is 10.4. The van der Waals surface area contributed by atoms with E-state index < -0.39 is 29.7 Å². The standard InChI is InChI=1S/C17H16Cl2O6/c1-2-24-14(22)7-10(15-11(18)4-3-5-12(15)19)17-16(23)13(21)6-9(8-20)25-17/h3-6,10,20,23H,2,7-8H2,1H3/t10-/m1/s1. The van der Waals surface area contributed by atoms with E-state index in [0.717, 1.165) is 6.07 Å². The molecule has 1 heterocycles. The second kappa shape index (κ2) is 8.38. The number of hydrogen-bond acceptors (Lipinski definition) is 6. The van der Waals surface area contributed by atoms with Crippen LogP contribution in [0.1, 0.15) is 36.3 Å². The van der Waals surface area contributed by atoms with E-state index in [9.17, 15) is 19.8 Å². The lowest BCUT2D eigenvalue weighted by Gasteiger charge is -2.19. The monoisotopic (exact) mass is 386 g/mol. The number of aliphatic hydroxyl groups excluding tert-OH is 1. The van der Waals surface area contributed by atoms with Crippen molar-refractivity contribution in [3.8, 4) is 5.75 Å². The van der Waals surface area contributed by atoms with Crippen LogP contribution < -0.4 is 5.43 Å². The Balaban J connectivity index is 2.66. The predicted octanol–water partition coefficient (Wildman–Crippen LogP) is 3.23. The third kappa shape index (κ3) is 4.34. The number of benzene rings is 1. The molecule has 8 heteroatoms. The molecule has 1 aromatic heterocycles. The number of esters is 1. The topological polar surface area (TPSA) is 97.0 Å². The zero-order chi connectivity index (χ0) is 18.6.